The highest BCUT2D eigenvalue weighted by Crippen LogP contribution is 2.09. The number of hydrogen-bond acceptors (Lipinski definition) is 2. The van der Waals surface area contributed by atoms with Crippen molar-refractivity contribution in [1.29, 1.82) is 0 Å². The molecule has 0 bridgehead atoms. The van der Waals surface area contributed by atoms with Crippen molar-refractivity contribution in [3.63, 3.8) is 0 Å². The van der Waals surface area contributed by atoms with Gasteiger partial charge in [0.2, 0.25) is 5.91 Å². The molecule has 0 aliphatic rings. The summed E-state index contributed by atoms with van der Waals surface area (Å²) in [6.45, 7) is 12.4. The van der Waals surface area contributed by atoms with E-state index in [1.165, 1.54) is 19.3 Å². The van der Waals surface area contributed by atoms with Crippen LogP contribution in [-0.4, -0.2) is 24.5 Å². The zero-order chi connectivity index (χ0) is 14.0. The summed E-state index contributed by atoms with van der Waals surface area (Å²) in [5.74, 6) is 0.970. The fourth-order valence-electron chi connectivity index (χ4n) is 1.74. The molecule has 18 heavy (non-hydrogen) atoms. The third kappa shape index (κ3) is 13.5. The van der Waals surface area contributed by atoms with Gasteiger partial charge in [0.15, 0.2) is 0 Å². The van der Waals surface area contributed by atoms with Gasteiger partial charge < -0.3 is 10.6 Å². The molecule has 0 saturated heterocycles. The summed E-state index contributed by atoms with van der Waals surface area (Å²) in [5.41, 5.74) is 0.127. The summed E-state index contributed by atoms with van der Waals surface area (Å²) in [4.78, 5) is 11.5. The Bertz CT molecular complexity index is 219. The lowest BCUT2D eigenvalue weighted by atomic mass is 10.0. The average Bonchev–Trinajstić information content (AvgIpc) is 2.22. The van der Waals surface area contributed by atoms with Crippen LogP contribution in [0, 0.1) is 5.92 Å². The van der Waals surface area contributed by atoms with Gasteiger partial charge in [0.1, 0.15) is 0 Å². The number of hydrogen-bond donors (Lipinski definition) is 2. The second kappa shape index (κ2) is 9.37. The summed E-state index contributed by atoms with van der Waals surface area (Å²) < 4.78 is 0. The zero-order valence-corrected chi connectivity index (χ0v) is 12.9. The van der Waals surface area contributed by atoms with Gasteiger partial charge in [-0.15, -0.1) is 0 Å². The topological polar surface area (TPSA) is 41.1 Å². The number of rotatable bonds is 9. The second-order valence-corrected chi connectivity index (χ2v) is 6.52. The quantitative estimate of drug-likeness (QED) is 0.622. The normalized spacial score (nSPS) is 11.9. The third-order valence-corrected chi connectivity index (χ3v) is 2.79. The molecule has 2 N–H and O–H groups in total. The van der Waals surface area contributed by atoms with Crippen LogP contribution in [0.25, 0.3) is 0 Å². The van der Waals surface area contributed by atoms with Crippen LogP contribution in [0.4, 0.5) is 0 Å². The van der Waals surface area contributed by atoms with Gasteiger partial charge in [0, 0.05) is 25.0 Å². The van der Waals surface area contributed by atoms with E-state index in [4.69, 9.17) is 0 Å². The predicted molar refractivity (Wildman–Crippen MR) is 78.7 cm³/mol. The van der Waals surface area contributed by atoms with Crippen molar-refractivity contribution in [3.05, 3.63) is 0 Å². The smallest absolute Gasteiger partial charge is 0.220 e. The van der Waals surface area contributed by atoms with Crippen LogP contribution in [0.3, 0.4) is 0 Å². The van der Waals surface area contributed by atoms with E-state index >= 15 is 0 Å². The number of unbranched alkanes of at least 4 members (excludes halogenated alkanes) is 2. The lowest BCUT2D eigenvalue weighted by molar-refractivity contribution is -0.121. The molecule has 0 unspecified atom stereocenters. The first-order valence-electron chi connectivity index (χ1n) is 7.33. The van der Waals surface area contributed by atoms with E-state index in [-0.39, 0.29) is 11.4 Å². The molecule has 3 heteroatoms. The highest BCUT2D eigenvalue weighted by Gasteiger charge is 2.07. The first-order valence-corrected chi connectivity index (χ1v) is 7.33. The molecule has 0 atom stereocenters. The van der Waals surface area contributed by atoms with E-state index in [1.807, 2.05) is 0 Å². The molecule has 0 aromatic heterocycles. The molecule has 108 valence electrons. The average molecular weight is 256 g/mol. The molecule has 0 aromatic carbocycles. The Hall–Kier alpha value is -0.570. The molecule has 0 fully saturated rings. The van der Waals surface area contributed by atoms with Gasteiger partial charge in [-0.3, -0.25) is 4.79 Å². The summed E-state index contributed by atoms with van der Waals surface area (Å²) in [6.07, 6.45) is 5.39. The molecule has 3 nitrogen and oxygen atoms in total. The highest BCUT2D eigenvalue weighted by molar-refractivity contribution is 5.75. The van der Waals surface area contributed by atoms with Gasteiger partial charge in [-0.25, -0.2) is 0 Å². The number of nitrogens with one attached hydrogen (secondary N) is 2. The van der Waals surface area contributed by atoms with Crippen molar-refractivity contribution < 1.29 is 4.79 Å². The van der Waals surface area contributed by atoms with Crippen molar-refractivity contribution in [1.82, 2.24) is 10.6 Å². The Morgan fingerprint density at radius 3 is 2.28 bits per heavy atom. The SMILES string of the molecule is CC(C)CCCCCC(=O)NCCNC(C)(C)C. The van der Waals surface area contributed by atoms with E-state index in [1.54, 1.807) is 0 Å². The van der Waals surface area contributed by atoms with Crippen LogP contribution in [0.15, 0.2) is 0 Å². The summed E-state index contributed by atoms with van der Waals surface area (Å²) in [6, 6.07) is 0. The van der Waals surface area contributed by atoms with Crippen molar-refractivity contribution in [2.45, 2.75) is 72.3 Å². The molecule has 0 rings (SSSR count). The van der Waals surface area contributed by atoms with Crippen LogP contribution in [0.5, 0.6) is 0 Å². The molecule has 0 spiro atoms. The molecular weight excluding hydrogens is 224 g/mol. The predicted octanol–water partition coefficient (Wildman–Crippen LogP) is 3.10. The first kappa shape index (κ1) is 17.4. The molecule has 0 saturated carbocycles. The Kier molecular flexibility index (Phi) is 9.08. The maximum absolute atomic E-state index is 11.5. The lowest BCUT2D eigenvalue weighted by Crippen LogP contribution is -2.41. The van der Waals surface area contributed by atoms with E-state index in [2.05, 4.69) is 45.3 Å². The number of carbonyl (C=O) groups excluding carboxylic acids is 1. The van der Waals surface area contributed by atoms with Gasteiger partial charge in [0.05, 0.1) is 0 Å². The minimum absolute atomic E-state index is 0.127. The Labute approximate surface area is 113 Å². The fraction of sp³-hybridized carbons (Fsp3) is 0.933. The lowest BCUT2D eigenvalue weighted by Gasteiger charge is -2.20. The van der Waals surface area contributed by atoms with Crippen LogP contribution in [0.2, 0.25) is 0 Å². The van der Waals surface area contributed by atoms with Gasteiger partial charge in [-0.05, 0) is 33.1 Å². The molecular formula is C15H32N2O. The third-order valence-electron chi connectivity index (χ3n) is 2.79. The van der Waals surface area contributed by atoms with E-state index in [0.717, 1.165) is 25.4 Å². The Balaban J connectivity index is 3.33. The van der Waals surface area contributed by atoms with Gasteiger partial charge >= 0.3 is 0 Å². The largest absolute Gasteiger partial charge is 0.355 e. The number of carbonyl (C=O) groups is 1. The van der Waals surface area contributed by atoms with Crippen LogP contribution in [-0.2, 0) is 4.79 Å². The molecule has 0 heterocycles. The minimum Gasteiger partial charge on any atom is -0.355 e. The standard InChI is InChI=1S/C15H32N2O/c1-13(2)9-7-6-8-10-14(18)16-11-12-17-15(3,4)5/h13,17H,6-12H2,1-5H3,(H,16,18). The van der Waals surface area contributed by atoms with Crippen LogP contribution in [0.1, 0.15) is 66.7 Å². The maximum atomic E-state index is 11.5. The minimum atomic E-state index is 0.127. The molecule has 0 aliphatic heterocycles. The van der Waals surface area contributed by atoms with Crippen molar-refractivity contribution in [2.75, 3.05) is 13.1 Å². The molecule has 0 aliphatic carbocycles. The van der Waals surface area contributed by atoms with E-state index in [0.29, 0.717) is 6.42 Å². The van der Waals surface area contributed by atoms with Crippen LogP contribution >= 0.6 is 0 Å². The fourth-order valence-corrected chi connectivity index (χ4v) is 1.74. The van der Waals surface area contributed by atoms with Crippen molar-refractivity contribution >= 4 is 5.91 Å². The van der Waals surface area contributed by atoms with E-state index < -0.39 is 0 Å². The van der Waals surface area contributed by atoms with Crippen molar-refractivity contribution in [3.8, 4) is 0 Å². The van der Waals surface area contributed by atoms with E-state index in [9.17, 15) is 4.79 Å². The molecule has 0 aromatic rings. The van der Waals surface area contributed by atoms with Gasteiger partial charge in [-0.1, -0.05) is 33.1 Å². The van der Waals surface area contributed by atoms with Crippen LogP contribution < -0.4 is 10.6 Å². The summed E-state index contributed by atoms with van der Waals surface area (Å²) >= 11 is 0. The van der Waals surface area contributed by atoms with Crippen molar-refractivity contribution in [2.24, 2.45) is 5.92 Å². The number of amides is 1. The maximum Gasteiger partial charge on any atom is 0.220 e. The monoisotopic (exact) mass is 256 g/mol. The first-order chi connectivity index (χ1) is 8.31. The molecule has 0 radical (unpaired) electrons. The van der Waals surface area contributed by atoms with Gasteiger partial charge in [0.25, 0.3) is 0 Å². The highest BCUT2D eigenvalue weighted by atomic mass is 16.1. The summed E-state index contributed by atoms with van der Waals surface area (Å²) in [5, 5.41) is 6.30. The van der Waals surface area contributed by atoms with Gasteiger partial charge in [-0.2, -0.15) is 0 Å². The second-order valence-electron chi connectivity index (χ2n) is 6.52. The Morgan fingerprint density at radius 1 is 1.06 bits per heavy atom. The summed E-state index contributed by atoms with van der Waals surface area (Å²) in [7, 11) is 0. The molecule has 1 amide bonds. The Morgan fingerprint density at radius 2 is 1.72 bits per heavy atom. The zero-order valence-electron chi connectivity index (χ0n) is 12.9.